The molecule has 0 aliphatic rings. The monoisotopic (exact) mass is 201 g/mol. The zero-order chi connectivity index (χ0) is 9.52. The first-order valence-corrected chi connectivity index (χ1v) is 4.61. The predicted molar refractivity (Wildman–Crippen MR) is 50.9 cm³/mol. The van der Waals surface area contributed by atoms with Gasteiger partial charge in [0.1, 0.15) is 5.75 Å². The molecule has 72 valence electrons. The van der Waals surface area contributed by atoms with Gasteiger partial charge in [0, 0.05) is 6.61 Å². The molecule has 1 rings (SSSR count). The number of hydrogen-bond acceptors (Lipinski definition) is 3. The molecule has 0 bridgehead atoms. The molecule has 1 aromatic heterocycles. The highest BCUT2D eigenvalue weighted by atomic mass is 35.5. The van der Waals surface area contributed by atoms with Crippen LogP contribution in [-0.2, 0) is 10.6 Å². The number of alkyl halides is 1. The number of aromatic nitrogens is 1. The summed E-state index contributed by atoms with van der Waals surface area (Å²) in [6.07, 6.45) is 1.64. The van der Waals surface area contributed by atoms with Crippen LogP contribution in [0.3, 0.4) is 0 Å². The van der Waals surface area contributed by atoms with Crippen molar-refractivity contribution >= 4 is 11.6 Å². The van der Waals surface area contributed by atoms with Crippen LogP contribution in [0.2, 0.25) is 0 Å². The van der Waals surface area contributed by atoms with Crippen LogP contribution in [0, 0.1) is 0 Å². The van der Waals surface area contributed by atoms with Crippen LogP contribution in [0.5, 0.6) is 5.75 Å². The minimum absolute atomic E-state index is 0.262. The highest BCUT2D eigenvalue weighted by Crippen LogP contribution is 2.09. The Bertz CT molecular complexity index is 238. The quantitative estimate of drug-likeness (QED) is 0.416. The van der Waals surface area contributed by atoms with Crippen molar-refractivity contribution in [3.63, 3.8) is 0 Å². The predicted octanol–water partition coefficient (Wildman–Crippen LogP) is 2.19. The van der Waals surface area contributed by atoms with Gasteiger partial charge in [0.25, 0.3) is 0 Å². The molecule has 0 saturated carbocycles. The van der Waals surface area contributed by atoms with Crippen LogP contribution in [-0.4, -0.2) is 18.4 Å². The fraction of sp³-hybridized carbons (Fsp3) is 0.444. The minimum atomic E-state index is 0.262. The summed E-state index contributed by atoms with van der Waals surface area (Å²) in [6.45, 7) is 2.82. The van der Waals surface area contributed by atoms with Crippen molar-refractivity contribution in [1.82, 2.24) is 4.98 Å². The maximum absolute atomic E-state index is 5.58. The van der Waals surface area contributed by atoms with Gasteiger partial charge in [-0.15, -0.1) is 11.6 Å². The third-order valence-corrected chi connectivity index (χ3v) is 1.72. The Balaban J connectivity index is 2.40. The van der Waals surface area contributed by atoms with E-state index in [-0.39, 0.29) is 6.79 Å². The van der Waals surface area contributed by atoms with E-state index in [1.807, 2.05) is 19.1 Å². The van der Waals surface area contributed by atoms with E-state index in [4.69, 9.17) is 21.1 Å². The highest BCUT2D eigenvalue weighted by molar-refractivity contribution is 6.16. The molecule has 3 nitrogen and oxygen atoms in total. The van der Waals surface area contributed by atoms with E-state index in [1.165, 1.54) is 0 Å². The van der Waals surface area contributed by atoms with Gasteiger partial charge in [-0.25, -0.2) is 0 Å². The Morgan fingerprint density at radius 1 is 1.46 bits per heavy atom. The second-order valence-corrected chi connectivity index (χ2v) is 2.64. The lowest BCUT2D eigenvalue weighted by Crippen LogP contribution is -2.02. The maximum Gasteiger partial charge on any atom is 0.189 e. The molecule has 0 amide bonds. The standard InChI is InChI=1S/C9H12ClNO2/c1-2-12-7-13-9-4-3-8(5-10)11-6-9/h3-4,6H,2,5,7H2,1H3. The first-order chi connectivity index (χ1) is 6.36. The van der Waals surface area contributed by atoms with E-state index < -0.39 is 0 Å². The van der Waals surface area contributed by atoms with Crippen molar-refractivity contribution in [1.29, 1.82) is 0 Å². The molecule has 0 saturated heterocycles. The van der Waals surface area contributed by atoms with Gasteiger partial charge in [0.05, 0.1) is 17.8 Å². The second kappa shape index (κ2) is 5.78. The molecule has 0 aliphatic heterocycles. The van der Waals surface area contributed by atoms with Crippen LogP contribution in [0.25, 0.3) is 0 Å². The first kappa shape index (κ1) is 10.3. The van der Waals surface area contributed by atoms with Crippen LogP contribution < -0.4 is 4.74 Å². The molecule has 0 atom stereocenters. The van der Waals surface area contributed by atoms with Crippen LogP contribution >= 0.6 is 11.6 Å². The molecule has 4 heteroatoms. The third kappa shape index (κ3) is 3.61. The lowest BCUT2D eigenvalue weighted by molar-refractivity contribution is 0.0222. The first-order valence-electron chi connectivity index (χ1n) is 4.08. The summed E-state index contributed by atoms with van der Waals surface area (Å²) in [4.78, 5) is 4.06. The van der Waals surface area contributed by atoms with E-state index in [1.54, 1.807) is 6.20 Å². The normalized spacial score (nSPS) is 10.0. The van der Waals surface area contributed by atoms with Crippen LogP contribution in [0.1, 0.15) is 12.6 Å². The van der Waals surface area contributed by atoms with Crippen LogP contribution in [0.15, 0.2) is 18.3 Å². The van der Waals surface area contributed by atoms with E-state index in [2.05, 4.69) is 4.98 Å². The topological polar surface area (TPSA) is 31.4 Å². The average Bonchev–Trinajstić information content (AvgIpc) is 2.19. The maximum atomic E-state index is 5.58. The van der Waals surface area contributed by atoms with E-state index >= 15 is 0 Å². The highest BCUT2D eigenvalue weighted by Gasteiger charge is 1.94. The molecule has 0 fully saturated rings. The smallest absolute Gasteiger partial charge is 0.189 e. The Morgan fingerprint density at radius 3 is 2.85 bits per heavy atom. The second-order valence-electron chi connectivity index (χ2n) is 2.37. The van der Waals surface area contributed by atoms with Gasteiger partial charge in [0.2, 0.25) is 0 Å². The van der Waals surface area contributed by atoms with Crippen molar-refractivity contribution in [3.8, 4) is 5.75 Å². The molecule has 0 aromatic carbocycles. The summed E-state index contributed by atoms with van der Waals surface area (Å²) in [5.74, 6) is 1.12. The van der Waals surface area contributed by atoms with Gasteiger partial charge < -0.3 is 9.47 Å². The Kier molecular flexibility index (Phi) is 4.57. The summed E-state index contributed by atoms with van der Waals surface area (Å²) in [6, 6.07) is 3.65. The zero-order valence-electron chi connectivity index (χ0n) is 7.50. The molecule has 0 spiro atoms. The average molecular weight is 202 g/mol. The van der Waals surface area contributed by atoms with E-state index in [9.17, 15) is 0 Å². The summed E-state index contributed by atoms with van der Waals surface area (Å²) in [7, 11) is 0. The molecule has 13 heavy (non-hydrogen) atoms. The van der Waals surface area contributed by atoms with Crippen molar-refractivity contribution in [2.24, 2.45) is 0 Å². The molecule has 0 aliphatic carbocycles. The summed E-state index contributed by atoms with van der Waals surface area (Å²) < 4.78 is 10.2. The van der Waals surface area contributed by atoms with Crippen molar-refractivity contribution in [2.75, 3.05) is 13.4 Å². The summed E-state index contributed by atoms with van der Waals surface area (Å²) in [5.41, 5.74) is 0.838. The molecule has 1 aromatic rings. The summed E-state index contributed by atoms with van der Waals surface area (Å²) >= 11 is 5.58. The fourth-order valence-electron chi connectivity index (χ4n) is 0.768. The number of rotatable bonds is 5. The Labute approximate surface area is 82.6 Å². The van der Waals surface area contributed by atoms with E-state index in [0.717, 1.165) is 5.69 Å². The van der Waals surface area contributed by atoms with Gasteiger partial charge in [-0.2, -0.15) is 0 Å². The molecular formula is C9H12ClNO2. The van der Waals surface area contributed by atoms with Crippen LogP contribution in [0.4, 0.5) is 0 Å². The van der Waals surface area contributed by atoms with Gasteiger partial charge in [-0.3, -0.25) is 4.98 Å². The van der Waals surface area contributed by atoms with Gasteiger partial charge in [0.15, 0.2) is 6.79 Å². The number of ether oxygens (including phenoxy) is 2. The Hall–Kier alpha value is -0.800. The molecule has 0 unspecified atom stereocenters. The van der Waals surface area contributed by atoms with Crippen molar-refractivity contribution in [2.45, 2.75) is 12.8 Å². The number of nitrogens with zero attached hydrogens (tertiary/aromatic N) is 1. The Morgan fingerprint density at radius 2 is 2.31 bits per heavy atom. The summed E-state index contributed by atoms with van der Waals surface area (Å²) in [5, 5.41) is 0. The van der Waals surface area contributed by atoms with E-state index in [0.29, 0.717) is 18.2 Å². The van der Waals surface area contributed by atoms with Gasteiger partial charge in [-0.1, -0.05) is 0 Å². The number of pyridine rings is 1. The van der Waals surface area contributed by atoms with Gasteiger partial charge >= 0.3 is 0 Å². The molecule has 0 radical (unpaired) electrons. The number of hydrogen-bond donors (Lipinski definition) is 0. The van der Waals surface area contributed by atoms with Gasteiger partial charge in [-0.05, 0) is 19.1 Å². The van der Waals surface area contributed by atoms with Crippen molar-refractivity contribution < 1.29 is 9.47 Å². The number of halogens is 1. The lowest BCUT2D eigenvalue weighted by atomic mass is 10.4. The zero-order valence-corrected chi connectivity index (χ0v) is 8.25. The molecule has 0 N–H and O–H groups in total. The van der Waals surface area contributed by atoms with Crippen molar-refractivity contribution in [3.05, 3.63) is 24.0 Å². The lowest BCUT2D eigenvalue weighted by Gasteiger charge is -2.04. The minimum Gasteiger partial charge on any atom is -0.466 e. The fourth-order valence-corrected chi connectivity index (χ4v) is 0.926. The molecular weight excluding hydrogens is 190 g/mol. The molecule has 1 heterocycles. The third-order valence-electron chi connectivity index (χ3n) is 1.45. The largest absolute Gasteiger partial charge is 0.466 e. The SMILES string of the molecule is CCOCOc1ccc(CCl)nc1.